The van der Waals surface area contributed by atoms with Gasteiger partial charge in [0.2, 0.25) is 0 Å². The molecule has 3 atom stereocenters. The first kappa shape index (κ1) is 14.2. The molecular formula is C10H20ClNO3S. The largest absolute Gasteiger partial charge is 0.362 e. The molecule has 0 aromatic rings. The highest BCUT2D eigenvalue weighted by Gasteiger charge is 2.29. The predicted octanol–water partition coefficient (Wildman–Crippen LogP) is 0.958. The van der Waals surface area contributed by atoms with Gasteiger partial charge in [-0.25, -0.2) is 8.42 Å². The molecule has 0 aromatic carbocycles. The van der Waals surface area contributed by atoms with Gasteiger partial charge in [0.1, 0.15) is 6.23 Å². The Hall–Kier alpha value is 0.160. The van der Waals surface area contributed by atoms with Crippen LogP contribution in [-0.2, 0) is 14.6 Å². The van der Waals surface area contributed by atoms with Crippen molar-refractivity contribution >= 4 is 22.2 Å². The number of rotatable bonds is 2. The molecule has 2 aliphatic rings. The fourth-order valence-corrected chi connectivity index (χ4v) is 4.21. The molecule has 6 heteroatoms. The van der Waals surface area contributed by atoms with Crippen molar-refractivity contribution in [3.8, 4) is 0 Å². The first-order valence-electron chi connectivity index (χ1n) is 5.63. The Kier molecular flexibility index (Phi) is 5.04. The van der Waals surface area contributed by atoms with Gasteiger partial charge in [0, 0.05) is 6.04 Å². The predicted molar refractivity (Wildman–Crippen MR) is 65.6 cm³/mol. The van der Waals surface area contributed by atoms with E-state index in [4.69, 9.17) is 4.74 Å². The molecule has 0 aromatic heterocycles. The topological polar surface area (TPSA) is 55.4 Å². The van der Waals surface area contributed by atoms with Gasteiger partial charge in [0.05, 0.1) is 18.1 Å². The van der Waals surface area contributed by atoms with Crippen molar-refractivity contribution in [3.63, 3.8) is 0 Å². The Morgan fingerprint density at radius 2 is 2.19 bits per heavy atom. The van der Waals surface area contributed by atoms with Crippen molar-refractivity contribution in [1.29, 1.82) is 0 Å². The SMILES string of the molecule is CC1COC(CC2CCCS(=O)(=O)C2)N1.Cl. The minimum absolute atomic E-state index is 0. The molecule has 0 amide bonds. The Labute approximate surface area is 103 Å². The summed E-state index contributed by atoms with van der Waals surface area (Å²) in [5, 5.41) is 3.31. The van der Waals surface area contributed by atoms with Crippen molar-refractivity contribution in [2.24, 2.45) is 5.92 Å². The van der Waals surface area contributed by atoms with Gasteiger partial charge in [-0.15, -0.1) is 12.4 Å². The lowest BCUT2D eigenvalue weighted by Crippen LogP contribution is -2.34. The fraction of sp³-hybridized carbons (Fsp3) is 1.00. The Balaban J connectivity index is 0.00000128. The van der Waals surface area contributed by atoms with E-state index in [-0.39, 0.29) is 24.6 Å². The van der Waals surface area contributed by atoms with E-state index in [2.05, 4.69) is 12.2 Å². The Morgan fingerprint density at radius 3 is 2.75 bits per heavy atom. The van der Waals surface area contributed by atoms with E-state index in [0.717, 1.165) is 25.9 Å². The molecule has 0 spiro atoms. The maximum absolute atomic E-state index is 11.4. The third-order valence-corrected chi connectivity index (χ3v) is 5.01. The number of hydrogen-bond acceptors (Lipinski definition) is 4. The number of sulfone groups is 1. The van der Waals surface area contributed by atoms with E-state index < -0.39 is 9.84 Å². The molecule has 2 fully saturated rings. The number of ether oxygens (including phenoxy) is 1. The second-order valence-corrected chi connectivity index (χ2v) is 6.98. The van der Waals surface area contributed by atoms with E-state index in [1.54, 1.807) is 0 Å². The smallest absolute Gasteiger partial charge is 0.150 e. The van der Waals surface area contributed by atoms with Crippen LogP contribution in [0.25, 0.3) is 0 Å². The molecule has 2 heterocycles. The summed E-state index contributed by atoms with van der Waals surface area (Å²) in [6.45, 7) is 2.82. The zero-order chi connectivity index (χ0) is 10.9. The van der Waals surface area contributed by atoms with Crippen LogP contribution in [0, 0.1) is 5.92 Å². The van der Waals surface area contributed by atoms with Crippen LogP contribution in [-0.4, -0.2) is 38.8 Å². The highest BCUT2D eigenvalue weighted by molar-refractivity contribution is 7.91. The molecule has 1 N–H and O–H groups in total. The highest BCUT2D eigenvalue weighted by Crippen LogP contribution is 2.24. The van der Waals surface area contributed by atoms with Gasteiger partial charge >= 0.3 is 0 Å². The van der Waals surface area contributed by atoms with Gasteiger partial charge in [-0.1, -0.05) is 0 Å². The summed E-state index contributed by atoms with van der Waals surface area (Å²) in [6, 6.07) is 0.398. The third-order valence-electron chi connectivity index (χ3n) is 3.12. The van der Waals surface area contributed by atoms with Crippen molar-refractivity contribution in [2.75, 3.05) is 18.1 Å². The van der Waals surface area contributed by atoms with Gasteiger partial charge < -0.3 is 4.74 Å². The fourth-order valence-electron chi connectivity index (χ4n) is 2.42. The van der Waals surface area contributed by atoms with Gasteiger partial charge in [-0.2, -0.15) is 0 Å². The first-order valence-corrected chi connectivity index (χ1v) is 7.45. The summed E-state index contributed by atoms with van der Waals surface area (Å²) in [7, 11) is -2.77. The van der Waals surface area contributed by atoms with E-state index in [1.807, 2.05) is 0 Å². The molecule has 96 valence electrons. The lowest BCUT2D eigenvalue weighted by atomic mass is 10.0. The number of hydrogen-bond donors (Lipinski definition) is 1. The average Bonchev–Trinajstić information content (AvgIpc) is 2.49. The zero-order valence-electron chi connectivity index (χ0n) is 9.52. The molecule has 0 aliphatic carbocycles. The van der Waals surface area contributed by atoms with Gasteiger partial charge in [-0.05, 0) is 32.1 Å². The standard InChI is InChI=1S/C10H19NO3S.ClH/c1-8-6-14-10(11-8)5-9-3-2-4-15(12,13)7-9;/h8-11H,2-7H2,1H3;1H. The van der Waals surface area contributed by atoms with Crippen LogP contribution in [0.15, 0.2) is 0 Å². The Morgan fingerprint density at radius 1 is 1.44 bits per heavy atom. The van der Waals surface area contributed by atoms with Crippen molar-refractivity contribution in [1.82, 2.24) is 5.32 Å². The van der Waals surface area contributed by atoms with Crippen molar-refractivity contribution in [2.45, 2.75) is 38.5 Å². The second kappa shape index (κ2) is 5.67. The molecule has 3 unspecified atom stereocenters. The third kappa shape index (κ3) is 3.87. The lowest BCUT2D eigenvalue weighted by molar-refractivity contribution is 0.0798. The molecule has 0 saturated carbocycles. The van der Waals surface area contributed by atoms with Crippen LogP contribution < -0.4 is 5.32 Å². The molecule has 4 nitrogen and oxygen atoms in total. The number of halogens is 1. The molecule has 16 heavy (non-hydrogen) atoms. The summed E-state index contributed by atoms with van der Waals surface area (Å²) < 4.78 is 28.4. The summed E-state index contributed by atoms with van der Waals surface area (Å²) >= 11 is 0. The average molecular weight is 270 g/mol. The van der Waals surface area contributed by atoms with Crippen LogP contribution >= 0.6 is 12.4 Å². The van der Waals surface area contributed by atoms with E-state index in [9.17, 15) is 8.42 Å². The minimum atomic E-state index is -2.77. The van der Waals surface area contributed by atoms with Crippen molar-refractivity contribution in [3.05, 3.63) is 0 Å². The van der Waals surface area contributed by atoms with E-state index >= 15 is 0 Å². The van der Waals surface area contributed by atoms with E-state index in [1.165, 1.54) is 0 Å². The van der Waals surface area contributed by atoms with Gasteiger partial charge in [-0.3, -0.25) is 5.32 Å². The van der Waals surface area contributed by atoms with E-state index in [0.29, 0.717) is 17.5 Å². The molecule has 2 saturated heterocycles. The zero-order valence-corrected chi connectivity index (χ0v) is 11.1. The summed E-state index contributed by atoms with van der Waals surface area (Å²) in [4.78, 5) is 0. The highest BCUT2D eigenvalue weighted by atomic mass is 35.5. The molecule has 0 bridgehead atoms. The number of nitrogens with one attached hydrogen (secondary N) is 1. The van der Waals surface area contributed by atoms with Crippen molar-refractivity contribution < 1.29 is 13.2 Å². The summed E-state index contributed by atoms with van der Waals surface area (Å²) in [6.07, 6.45) is 2.74. The maximum atomic E-state index is 11.4. The second-order valence-electron chi connectivity index (χ2n) is 4.75. The molecular weight excluding hydrogens is 250 g/mol. The molecule has 2 rings (SSSR count). The van der Waals surface area contributed by atoms with Crippen LogP contribution in [0.2, 0.25) is 0 Å². The van der Waals surface area contributed by atoms with Crippen LogP contribution in [0.3, 0.4) is 0 Å². The summed E-state index contributed by atoms with van der Waals surface area (Å²) in [5.41, 5.74) is 0. The quantitative estimate of drug-likeness (QED) is 0.811. The molecule has 0 radical (unpaired) electrons. The lowest BCUT2D eigenvalue weighted by Gasteiger charge is -2.24. The molecule has 2 aliphatic heterocycles. The van der Waals surface area contributed by atoms with Crippen LogP contribution in [0.5, 0.6) is 0 Å². The van der Waals surface area contributed by atoms with Gasteiger partial charge in [0.15, 0.2) is 9.84 Å². The normalized spacial score (nSPS) is 37.9. The Bertz CT molecular complexity index is 320. The monoisotopic (exact) mass is 269 g/mol. The van der Waals surface area contributed by atoms with Crippen LogP contribution in [0.4, 0.5) is 0 Å². The summed E-state index contributed by atoms with van der Waals surface area (Å²) in [5.74, 6) is 1.01. The van der Waals surface area contributed by atoms with Gasteiger partial charge in [0.25, 0.3) is 0 Å². The van der Waals surface area contributed by atoms with Crippen LogP contribution in [0.1, 0.15) is 26.2 Å². The first-order chi connectivity index (χ1) is 7.05. The minimum Gasteiger partial charge on any atom is -0.362 e. The maximum Gasteiger partial charge on any atom is 0.150 e.